The molecule has 7 heteroatoms. The number of urea groups is 1. The third-order valence-corrected chi connectivity index (χ3v) is 9.60. The molecule has 198 valence electrons. The highest BCUT2D eigenvalue weighted by Gasteiger charge is 2.55. The van der Waals surface area contributed by atoms with Crippen molar-refractivity contribution in [1.29, 1.82) is 0 Å². The standard InChI is InChI=1S/C29H44N4O3/c1-5-21(2)29(23-12-7-6-8-13-23)16-14-28(15-17-29)20-32(19-24(34)31-27(3,4)25(30)35)26(36)33(28)18-22-10-9-11-22/h6-8,12-13,21-22H,5,9-11,14-20H2,1-4H3,(H2,30,35)(H,31,34)/t21?,28-,29-. The molecule has 4 rings (SSSR count). The molecule has 4 amide bonds. The Hall–Kier alpha value is -2.57. The maximum Gasteiger partial charge on any atom is 0.321 e. The Kier molecular flexibility index (Phi) is 7.40. The average Bonchev–Trinajstić information content (AvgIpc) is 3.06. The molecule has 1 aromatic rings. The molecule has 0 bridgehead atoms. The first kappa shape index (κ1) is 26.5. The minimum absolute atomic E-state index is 0.0373. The average molecular weight is 497 g/mol. The van der Waals surface area contributed by atoms with E-state index >= 15 is 0 Å². The lowest BCUT2D eigenvalue weighted by molar-refractivity contribution is -0.130. The number of nitrogens with one attached hydrogen (secondary N) is 1. The van der Waals surface area contributed by atoms with Crippen LogP contribution < -0.4 is 11.1 Å². The number of benzene rings is 1. The van der Waals surface area contributed by atoms with Gasteiger partial charge in [0.1, 0.15) is 12.1 Å². The van der Waals surface area contributed by atoms with E-state index in [0.29, 0.717) is 18.4 Å². The van der Waals surface area contributed by atoms with Gasteiger partial charge in [0, 0.05) is 13.1 Å². The minimum atomic E-state index is -1.15. The van der Waals surface area contributed by atoms with Crippen molar-refractivity contribution in [2.45, 2.75) is 95.6 Å². The topological polar surface area (TPSA) is 95.7 Å². The van der Waals surface area contributed by atoms with Crippen LogP contribution in [0.15, 0.2) is 30.3 Å². The number of carbonyl (C=O) groups is 3. The molecule has 7 nitrogen and oxygen atoms in total. The molecule has 0 radical (unpaired) electrons. The molecule has 1 unspecified atom stereocenters. The SMILES string of the molecule is CCC(C)[C@]1(c2ccccc2)CC[C@]2(CC1)CN(CC(=O)NC(C)(C)C(N)=O)C(=O)N2CC1CCC1. The number of hydrogen-bond donors (Lipinski definition) is 2. The summed E-state index contributed by atoms with van der Waals surface area (Å²) in [4.78, 5) is 42.0. The first-order valence-electron chi connectivity index (χ1n) is 13.8. The van der Waals surface area contributed by atoms with Crippen molar-refractivity contribution in [3.8, 4) is 0 Å². The van der Waals surface area contributed by atoms with Gasteiger partial charge < -0.3 is 20.9 Å². The van der Waals surface area contributed by atoms with Crippen molar-refractivity contribution in [3.05, 3.63) is 35.9 Å². The van der Waals surface area contributed by atoms with Crippen molar-refractivity contribution >= 4 is 17.8 Å². The van der Waals surface area contributed by atoms with Crippen LogP contribution in [0.4, 0.5) is 4.79 Å². The summed E-state index contributed by atoms with van der Waals surface area (Å²) < 4.78 is 0. The van der Waals surface area contributed by atoms with E-state index in [2.05, 4.69) is 54.4 Å². The molecule has 3 fully saturated rings. The molecular weight excluding hydrogens is 452 g/mol. The van der Waals surface area contributed by atoms with E-state index in [1.54, 1.807) is 18.7 Å². The highest BCUT2D eigenvalue weighted by atomic mass is 16.2. The van der Waals surface area contributed by atoms with Crippen molar-refractivity contribution in [2.75, 3.05) is 19.6 Å². The number of rotatable bonds is 9. The number of hydrogen-bond acceptors (Lipinski definition) is 3. The maximum atomic E-state index is 13.7. The van der Waals surface area contributed by atoms with Gasteiger partial charge in [0.2, 0.25) is 11.8 Å². The van der Waals surface area contributed by atoms with Gasteiger partial charge in [-0.3, -0.25) is 9.59 Å². The van der Waals surface area contributed by atoms with Crippen LogP contribution in [-0.2, 0) is 15.0 Å². The second-order valence-corrected chi connectivity index (χ2v) is 12.1. The molecule has 1 aromatic carbocycles. The lowest BCUT2D eigenvalue weighted by Gasteiger charge is -2.51. The van der Waals surface area contributed by atoms with Crippen molar-refractivity contribution in [3.63, 3.8) is 0 Å². The second kappa shape index (κ2) is 10.1. The Bertz CT molecular complexity index is 964. The van der Waals surface area contributed by atoms with Gasteiger partial charge in [-0.05, 0) is 75.2 Å². The lowest BCUT2D eigenvalue weighted by Crippen LogP contribution is -2.55. The fraction of sp³-hybridized carbons (Fsp3) is 0.690. The molecule has 1 saturated heterocycles. The van der Waals surface area contributed by atoms with Crippen LogP contribution in [0.2, 0.25) is 0 Å². The molecule has 1 atom stereocenters. The monoisotopic (exact) mass is 496 g/mol. The first-order valence-corrected chi connectivity index (χ1v) is 13.8. The van der Waals surface area contributed by atoms with E-state index in [9.17, 15) is 14.4 Å². The molecule has 2 saturated carbocycles. The van der Waals surface area contributed by atoms with Gasteiger partial charge in [0.25, 0.3) is 0 Å². The van der Waals surface area contributed by atoms with Gasteiger partial charge in [-0.25, -0.2) is 4.79 Å². The van der Waals surface area contributed by atoms with Gasteiger partial charge >= 0.3 is 6.03 Å². The Morgan fingerprint density at radius 1 is 1.14 bits per heavy atom. The predicted molar refractivity (Wildman–Crippen MR) is 141 cm³/mol. The van der Waals surface area contributed by atoms with E-state index in [4.69, 9.17) is 5.73 Å². The van der Waals surface area contributed by atoms with E-state index < -0.39 is 11.4 Å². The zero-order valence-electron chi connectivity index (χ0n) is 22.5. The zero-order chi connectivity index (χ0) is 26.1. The van der Waals surface area contributed by atoms with Gasteiger partial charge in [-0.2, -0.15) is 0 Å². The second-order valence-electron chi connectivity index (χ2n) is 12.1. The number of nitrogens with two attached hydrogens (primary N) is 1. The molecule has 3 aliphatic rings. The molecule has 2 aliphatic carbocycles. The summed E-state index contributed by atoms with van der Waals surface area (Å²) in [6.45, 7) is 9.11. The van der Waals surface area contributed by atoms with Gasteiger partial charge in [-0.15, -0.1) is 0 Å². The Labute approximate surface area is 216 Å². The third-order valence-electron chi connectivity index (χ3n) is 9.60. The lowest BCUT2D eigenvalue weighted by atomic mass is 9.58. The number of primary amides is 1. The Balaban J connectivity index is 1.55. The van der Waals surface area contributed by atoms with E-state index in [1.807, 2.05) is 0 Å². The summed E-state index contributed by atoms with van der Waals surface area (Å²) >= 11 is 0. The molecule has 36 heavy (non-hydrogen) atoms. The van der Waals surface area contributed by atoms with Crippen LogP contribution >= 0.6 is 0 Å². The summed E-state index contributed by atoms with van der Waals surface area (Å²) in [6, 6.07) is 10.9. The van der Waals surface area contributed by atoms with Crippen LogP contribution in [0.1, 0.15) is 84.6 Å². The Morgan fingerprint density at radius 2 is 1.78 bits per heavy atom. The number of amides is 4. The highest BCUT2D eigenvalue weighted by Crippen LogP contribution is 2.52. The number of nitrogens with zero attached hydrogens (tertiary/aromatic N) is 2. The van der Waals surface area contributed by atoms with E-state index in [-0.39, 0.29) is 29.4 Å². The Morgan fingerprint density at radius 3 is 2.31 bits per heavy atom. The summed E-state index contributed by atoms with van der Waals surface area (Å²) in [5, 5.41) is 2.70. The van der Waals surface area contributed by atoms with Crippen LogP contribution in [0, 0.1) is 11.8 Å². The fourth-order valence-corrected chi connectivity index (χ4v) is 6.65. The van der Waals surface area contributed by atoms with Crippen LogP contribution in [0.5, 0.6) is 0 Å². The molecular formula is C29H44N4O3. The minimum Gasteiger partial charge on any atom is -0.368 e. The van der Waals surface area contributed by atoms with Crippen LogP contribution in [0.3, 0.4) is 0 Å². The normalized spacial score (nSPS) is 27.7. The van der Waals surface area contributed by atoms with Crippen LogP contribution in [0.25, 0.3) is 0 Å². The van der Waals surface area contributed by atoms with Crippen molar-refractivity contribution in [1.82, 2.24) is 15.1 Å². The smallest absolute Gasteiger partial charge is 0.321 e. The third kappa shape index (κ3) is 4.85. The summed E-state index contributed by atoms with van der Waals surface area (Å²) in [5.41, 5.74) is 5.56. The highest BCUT2D eigenvalue weighted by molar-refractivity contribution is 5.92. The van der Waals surface area contributed by atoms with Gasteiger partial charge in [-0.1, -0.05) is 57.0 Å². The quantitative estimate of drug-likeness (QED) is 0.536. The molecule has 1 spiro atoms. The predicted octanol–water partition coefficient (Wildman–Crippen LogP) is 4.20. The van der Waals surface area contributed by atoms with Crippen LogP contribution in [-0.4, -0.2) is 58.4 Å². The first-order chi connectivity index (χ1) is 17.0. The molecule has 3 N–H and O–H groups in total. The maximum absolute atomic E-state index is 13.7. The molecule has 1 heterocycles. The summed E-state index contributed by atoms with van der Waals surface area (Å²) in [5.74, 6) is 0.166. The zero-order valence-corrected chi connectivity index (χ0v) is 22.5. The molecule has 0 aromatic heterocycles. The summed E-state index contributed by atoms with van der Waals surface area (Å²) in [6.07, 6.45) is 8.66. The van der Waals surface area contributed by atoms with Crippen molar-refractivity contribution < 1.29 is 14.4 Å². The molecule has 1 aliphatic heterocycles. The van der Waals surface area contributed by atoms with Gasteiger partial charge in [0.05, 0.1) is 5.54 Å². The van der Waals surface area contributed by atoms with E-state index in [0.717, 1.165) is 38.6 Å². The summed E-state index contributed by atoms with van der Waals surface area (Å²) in [7, 11) is 0. The largest absolute Gasteiger partial charge is 0.368 e. The fourth-order valence-electron chi connectivity index (χ4n) is 6.65. The van der Waals surface area contributed by atoms with Crippen molar-refractivity contribution in [2.24, 2.45) is 17.6 Å². The van der Waals surface area contributed by atoms with E-state index in [1.165, 1.54) is 24.8 Å². The number of carbonyl (C=O) groups excluding carboxylic acids is 3. The van der Waals surface area contributed by atoms with Gasteiger partial charge in [0.15, 0.2) is 0 Å².